The first kappa shape index (κ1) is 17.4. The van der Waals surface area contributed by atoms with Gasteiger partial charge in [-0.1, -0.05) is 12.1 Å². The molecule has 1 aromatic carbocycles. The van der Waals surface area contributed by atoms with Gasteiger partial charge in [-0.3, -0.25) is 9.59 Å². The molecule has 0 saturated carbocycles. The number of carbonyl (C=O) groups excluding carboxylic acids is 1. The van der Waals surface area contributed by atoms with E-state index in [0.717, 1.165) is 31.6 Å². The number of hydrogen-bond acceptors (Lipinski definition) is 5. The topological polar surface area (TPSA) is 78.9 Å². The number of rotatable bonds is 8. The van der Waals surface area contributed by atoms with Crippen molar-refractivity contribution in [3.8, 4) is 0 Å². The van der Waals surface area contributed by atoms with Crippen LogP contribution in [0.2, 0.25) is 0 Å². The quantitative estimate of drug-likeness (QED) is 0.712. The number of nitrogens with one attached hydrogen (secondary N) is 1. The molecule has 0 aromatic heterocycles. The number of carbonyl (C=O) groups is 2. The molecule has 1 aliphatic rings. The molecular weight excluding hydrogens is 296 g/mol. The second kappa shape index (κ2) is 8.64. The van der Waals surface area contributed by atoms with Gasteiger partial charge in [0.15, 0.2) is 5.78 Å². The molecule has 1 saturated heterocycles. The number of carboxylic acid groups (broad SMARTS) is 1. The predicted octanol–water partition coefficient (Wildman–Crippen LogP) is 1.87. The van der Waals surface area contributed by atoms with E-state index >= 15 is 0 Å². The fourth-order valence-electron chi connectivity index (χ4n) is 2.84. The molecule has 0 spiro atoms. The predicted molar refractivity (Wildman–Crippen MR) is 88.0 cm³/mol. The number of benzene rings is 1. The standard InChI is InChI=1S/C17H24N2O4/c1-23-12-16(20)14-4-2-3-5-15(14)18-13-6-9-19(10-7-13)11-8-17(21)22/h2-5,13,18H,6-12H2,1H3,(H,21,22). The summed E-state index contributed by atoms with van der Waals surface area (Å²) in [5.41, 5.74) is 1.50. The average molecular weight is 320 g/mol. The summed E-state index contributed by atoms with van der Waals surface area (Å²) in [7, 11) is 1.51. The van der Waals surface area contributed by atoms with Crippen LogP contribution in [0, 0.1) is 0 Å². The average Bonchev–Trinajstić information content (AvgIpc) is 2.55. The molecule has 2 rings (SSSR count). The molecule has 1 aromatic rings. The van der Waals surface area contributed by atoms with Gasteiger partial charge in [-0.15, -0.1) is 0 Å². The van der Waals surface area contributed by atoms with Crippen molar-refractivity contribution in [3.63, 3.8) is 0 Å². The van der Waals surface area contributed by atoms with Crippen LogP contribution in [0.15, 0.2) is 24.3 Å². The highest BCUT2D eigenvalue weighted by atomic mass is 16.5. The Kier molecular flexibility index (Phi) is 6.55. The maximum atomic E-state index is 12.1. The zero-order valence-electron chi connectivity index (χ0n) is 13.5. The number of piperidine rings is 1. The van der Waals surface area contributed by atoms with E-state index in [1.165, 1.54) is 7.11 Å². The number of likely N-dealkylation sites (tertiary alicyclic amines) is 1. The fraction of sp³-hybridized carbons (Fsp3) is 0.529. The second-order valence-corrected chi connectivity index (χ2v) is 5.81. The molecule has 0 atom stereocenters. The lowest BCUT2D eigenvalue weighted by Gasteiger charge is -2.32. The van der Waals surface area contributed by atoms with Gasteiger partial charge < -0.3 is 20.1 Å². The number of hydrogen-bond donors (Lipinski definition) is 2. The smallest absolute Gasteiger partial charge is 0.304 e. The van der Waals surface area contributed by atoms with E-state index < -0.39 is 5.97 Å². The lowest BCUT2D eigenvalue weighted by Crippen LogP contribution is -2.40. The van der Waals surface area contributed by atoms with E-state index in [1.807, 2.05) is 24.3 Å². The maximum absolute atomic E-state index is 12.1. The highest BCUT2D eigenvalue weighted by Crippen LogP contribution is 2.21. The van der Waals surface area contributed by atoms with Gasteiger partial charge in [-0.2, -0.15) is 0 Å². The van der Waals surface area contributed by atoms with Crippen LogP contribution in [0.4, 0.5) is 5.69 Å². The number of aliphatic carboxylic acids is 1. The number of Topliss-reactive ketones (excluding diaryl/α,β-unsaturated/α-hetero) is 1. The summed E-state index contributed by atoms with van der Waals surface area (Å²) in [5.74, 6) is -0.787. The minimum absolute atomic E-state index is 0.0329. The molecule has 1 fully saturated rings. The number of para-hydroxylation sites is 1. The van der Waals surface area contributed by atoms with Crippen molar-refractivity contribution in [2.45, 2.75) is 25.3 Å². The summed E-state index contributed by atoms with van der Waals surface area (Å²) in [6.45, 7) is 2.43. The van der Waals surface area contributed by atoms with Crippen LogP contribution in [0.25, 0.3) is 0 Å². The molecule has 1 heterocycles. The van der Waals surface area contributed by atoms with Gasteiger partial charge in [0.25, 0.3) is 0 Å². The third-order valence-electron chi connectivity index (χ3n) is 4.09. The third kappa shape index (κ3) is 5.33. The molecule has 2 N–H and O–H groups in total. The van der Waals surface area contributed by atoms with Crippen molar-refractivity contribution in [1.29, 1.82) is 0 Å². The van der Waals surface area contributed by atoms with Crippen molar-refractivity contribution < 1.29 is 19.4 Å². The van der Waals surface area contributed by atoms with Crippen LogP contribution in [0.5, 0.6) is 0 Å². The van der Waals surface area contributed by atoms with Crippen molar-refractivity contribution in [1.82, 2.24) is 4.90 Å². The molecule has 0 amide bonds. The minimum atomic E-state index is -0.754. The van der Waals surface area contributed by atoms with Gasteiger partial charge in [0.1, 0.15) is 6.61 Å². The van der Waals surface area contributed by atoms with Crippen LogP contribution in [-0.2, 0) is 9.53 Å². The van der Waals surface area contributed by atoms with Gasteiger partial charge >= 0.3 is 5.97 Å². The van der Waals surface area contributed by atoms with Crippen LogP contribution in [0.3, 0.4) is 0 Å². The Morgan fingerprint density at radius 2 is 2.00 bits per heavy atom. The second-order valence-electron chi connectivity index (χ2n) is 5.81. The first-order valence-corrected chi connectivity index (χ1v) is 7.92. The van der Waals surface area contributed by atoms with Gasteiger partial charge in [0.05, 0.1) is 6.42 Å². The van der Waals surface area contributed by atoms with Gasteiger partial charge in [0.2, 0.25) is 0 Å². The highest BCUT2D eigenvalue weighted by Gasteiger charge is 2.21. The van der Waals surface area contributed by atoms with E-state index in [4.69, 9.17) is 9.84 Å². The first-order chi connectivity index (χ1) is 11.1. The monoisotopic (exact) mass is 320 g/mol. The number of ketones is 1. The van der Waals surface area contributed by atoms with Crippen LogP contribution in [0.1, 0.15) is 29.6 Å². The van der Waals surface area contributed by atoms with Gasteiger partial charge in [0, 0.05) is 44.0 Å². The van der Waals surface area contributed by atoms with E-state index in [0.29, 0.717) is 18.2 Å². The van der Waals surface area contributed by atoms with Crippen molar-refractivity contribution in [2.75, 3.05) is 38.7 Å². The Balaban J connectivity index is 1.89. The lowest BCUT2D eigenvalue weighted by atomic mass is 10.0. The fourth-order valence-corrected chi connectivity index (χ4v) is 2.84. The Bertz CT molecular complexity index is 539. The number of carboxylic acids is 1. The zero-order valence-corrected chi connectivity index (χ0v) is 13.5. The van der Waals surface area contributed by atoms with Gasteiger partial charge in [-0.25, -0.2) is 0 Å². The lowest BCUT2D eigenvalue weighted by molar-refractivity contribution is -0.137. The van der Waals surface area contributed by atoms with Gasteiger partial charge in [-0.05, 0) is 25.0 Å². The third-order valence-corrected chi connectivity index (χ3v) is 4.09. The molecule has 23 heavy (non-hydrogen) atoms. The first-order valence-electron chi connectivity index (χ1n) is 7.92. The Morgan fingerprint density at radius 3 is 2.65 bits per heavy atom. The molecule has 6 nitrogen and oxygen atoms in total. The zero-order chi connectivity index (χ0) is 16.7. The Hall–Kier alpha value is -1.92. The normalized spacial score (nSPS) is 16.2. The summed E-state index contributed by atoms with van der Waals surface area (Å²) in [6, 6.07) is 7.79. The van der Waals surface area contributed by atoms with E-state index in [1.54, 1.807) is 0 Å². The summed E-state index contributed by atoms with van der Waals surface area (Å²) in [6.07, 6.45) is 2.06. The largest absolute Gasteiger partial charge is 0.481 e. The van der Waals surface area contributed by atoms with Crippen LogP contribution >= 0.6 is 0 Å². The van der Waals surface area contributed by atoms with E-state index in [9.17, 15) is 9.59 Å². The number of anilines is 1. The molecule has 0 unspecified atom stereocenters. The molecule has 0 bridgehead atoms. The Labute approximate surface area is 136 Å². The van der Waals surface area contributed by atoms with Crippen LogP contribution in [-0.4, -0.2) is 61.2 Å². The van der Waals surface area contributed by atoms with Crippen LogP contribution < -0.4 is 5.32 Å². The van der Waals surface area contributed by atoms with Crippen molar-refractivity contribution in [3.05, 3.63) is 29.8 Å². The highest BCUT2D eigenvalue weighted by molar-refractivity contribution is 6.02. The molecular formula is C17H24N2O4. The molecule has 6 heteroatoms. The summed E-state index contributed by atoms with van der Waals surface area (Å²) in [5, 5.41) is 12.2. The number of methoxy groups -OCH3 is 1. The SMILES string of the molecule is COCC(=O)c1ccccc1NC1CCN(CCC(=O)O)CC1. The molecule has 126 valence electrons. The summed E-state index contributed by atoms with van der Waals surface area (Å²) in [4.78, 5) is 24.9. The Morgan fingerprint density at radius 1 is 1.30 bits per heavy atom. The van der Waals surface area contributed by atoms with E-state index in [-0.39, 0.29) is 18.8 Å². The van der Waals surface area contributed by atoms with E-state index in [2.05, 4.69) is 10.2 Å². The molecule has 0 radical (unpaired) electrons. The summed E-state index contributed by atoms with van der Waals surface area (Å²) < 4.78 is 4.93. The number of nitrogens with zero attached hydrogens (tertiary/aromatic N) is 1. The molecule has 0 aliphatic carbocycles. The van der Waals surface area contributed by atoms with Crippen molar-refractivity contribution >= 4 is 17.4 Å². The summed E-state index contributed by atoms with van der Waals surface area (Å²) >= 11 is 0. The number of ether oxygens (including phenoxy) is 1. The minimum Gasteiger partial charge on any atom is -0.481 e. The maximum Gasteiger partial charge on any atom is 0.304 e. The molecule has 1 aliphatic heterocycles. The van der Waals surface area contributed by atoms with Crippen molar-refractivity contribution in [2.24, 2.45) is 0 Å².